The van der Waals surface area contributed by atoms with E-state index in [1.807, 2.05) is 19.9 Å². The van der Waals surface area contributed by atoms with Crippen molar-refractivity contribution in [3.8, 4) is 0 Å². The summed E-state index contributed by atoms with van der Waals surface area (Å²) in [6.07, 6.45) is 1.72. The summed E-state index contributed by atoms with van der Waals surface area (Å²) in [5.74, 6) is 0.172. The minimum Gasteiger partial charge on any atom is -0.304 e. The Bertz CT molecular complexity index is 800. The fourth-order valence-corrected chi connectivity index (χ4v) is 2.06. The van der Waals surface area contributed by atoms with Crippen molar-refractivity contribution in [1.82, 2.24) is 24.4 Å². The molecule has 1 N–H and O–H groups in total. The van der Waals surface area contributed by atoms with Crippen molar-refractivity contribution in [2.75, 3.05) is 5.32 Å². The summed E-state index contributed by atoms with van der Waals surface area (Å²) in [7, 11) is 1.76. The molecule has 7 heteroatoms. The number of fused-ring (bicyclic) bond motifs is 1. The number of nitrogens with zero attached hydrogens (tertiary/aromatic N) is 5. The minimum atomic E-state index is -0.289. The topological polar surface area (TPSA) is 77.1 Å². The molecule has 3 rings (SSSR count). The van der Waals surface area contributed by atoms with Gasteiger partial charge < -0.3 is 5.32 Å². The Morgan fingerprint density at radius 1 is 1.25 bits per heavy atom. The third-order valence-corrected chi connectivity index (χ3v) is 2.92. The van der Waals surface area contributed by atoms with Gasteiger partial charge in [-0.05, 0) is 26.0 Å². The molecule has 1 amide bonds. The van der Waals surface area contributed by atoms with Crippen molar-refractivity contribution < 1.29 is 4.79 Å². The second kappa shape index (κ2) is 4.44. The van der Waals surface area contributed by atoms with Gasteiger partial charge in [0.2, 0.25) is 0 Å². The van der Waals surface area contributed by atoms with Crippen LogP contribution in [0.2, 0.25) is 0 Å². The van der Waals surface area contributed by atoms with E-state index in [4.69, 9.17) is 0 Å². The number of aromatic nitrogens is 5. The van der Waals surface area contributed by atoms with Crippen LogP contribution in [-0.4, -0.2) is 30.3 Å². The van der Waals surface area contributed by atoms with Crippen LogP contribution in [0.3, 0.4) is 0 Å². The maximum absolute atomic E-state index is 12.0. The second-order valence-electron chi connectivity index (χ2n) is 4.67. The highest BCUT2D eigenvalue weighted by Crippen LogP contribution is 2.13. The van der Waals surface area contributed by atoms with Crippen LogP contribution in [0.15, 0.2) is 24.4 Å². The zero-order valence-electron chi connectivity index (χ0n) is 11.5. The fraction of sp³-hybridized carbons (Fsp3) is 0.231. The van der Waals surface area contributed by atoms with Crippen LogP contribution < -0.4 is 5.32 Å². The monoisotopic (exact) mass is 270 g/mol. The molecule has 0 bridgehead atoms. The number of rotatable bonds is 2. The first-order valence-corrected chi connectivity index (χ1v) is 6.18. The smallest absolute Gasteiger partial charge is 0.277 e. The summed E-state index contributed by atoms with van der Waals surface area (Å²) < 4.78 is 3.27. The van der Waals surface area contributed by atoms with E-state index < -0.39 is 0 Å². The van der Waals surface area contributed by atoms with E-state index >= 15 is 0 Å². The summed E-state index contributed by atoms with van der Waals surface area (Å²) in [6.45, 7) is 3.87. The highest BCUT2D eigenvalue weighted by Gasteiger charge is 2.12. The lowest BCUT2D eigenvalue weighted by molar-refractivity contribution is 0.102. The third kappa shape index (κ3) is 2.13. The molecule has 0 aromatic carbocycles. The van der Waals surface area contributed by atoms with Gasteiger partial charge in [0, 0.05) is 30.7 Å². The van der Waals surface area contributed by atoms with Crippen LogP contribution in [0.25, 0.3) is 5.65 Å². The van der Waals surface area contributed by atoms with Crippen LogP contribution in [-0.2, 0) is 7.05 Å². The van der Waals surface area contributed by atoms with E-state index in [0.717, 1.165) is 11.4 Å². The van der Waals surface area contributed by atoms with Gasteiger partial charge in [0.15, 0.2) is 17.2 Å². The van der Waals surface area contributed by atoms with Crippen molar-refractivity contribution in [1.29, 1.82) is 0 Å². The van der Waals surface area contributed by atoms with Crippen LogP contribution in [0.4, 0.5) is 5.82 Å². The Morgan fingerprint density at radius 2 is 2.05 bits per heavy atom. The van der Waals surface area contributed by atoms with Gasteiger partial charge in [0.25, 0.3) is 5.91 Å². The number of aryl methyl sites for hydroxylation is 3. The third-order valence-electron chi connectivity index (χ3n) is 2.92. The summed E-state index contributed by atoms with van der Waals surface area (Å²) >= 11 is 0. The number of carbonyl (C=O) groups is 1. The van der Waals surface area contributed by atoms with Gasteiger partial charge in [-0.25, -0.2) is 9.50 Å². The molecular weight excluding hydrogens is 256 g/mol. The van der Waals surface area contributed by atoms with E-state index in [1.54, 1.807) is 34.6 Å². The van der Waals surface area contributed by atoms with Gasteiger partial charge >= 0.3 is 0 Å². The minimum absolute atomic E-state index is 0.289. The zero-order chi connectivity index (χ0) is 14.3. The highest BCUT2D eigenvalue weighted by atomic mass is 16.2. The van der Waals surface area contributed by atoms with E-state index in [2.05, 4.69) is 20.5 Å². The predicted molar refractivity (Wildman–Crippen MR) is 73.6 cm³/mol. The van der Waals surface area contributed by atoms with Gasteiger partial charge in [-0.2, -0.15) is 5.10 Å². The van der Waals surface area contributed by atoms with Crippen molar-refractivity contribution in [3.63, 3.8) is 0 Å². The maximum atomic E-state index is 12.0. The van der Waals surface area contributed by atoms with E-state index in [-0.39, 0.29) is 5.91 Å². The molecule has 0 aliphatic heterocycles. The Hall–Kier alpha value is -2.70. The number of amides is 1. The molecule has 0 spiro atoms. The van der Waals surface area contributed by atoms with Gasteiger partial charge in [-0.3, -0.25) is 9.48 Å². The number of carbonyl (C=O) groups excluding carboxylic acids is 1. The SMILES string of the molecule is Cc1cc(C)n2nc(NC(=O)c3ccn(C)n3)cc2n1. The zero-order valence-corrected chi connectivity index (χ0v) is 11.5. The quantitative estimate of drug-likeness (QED) is 0.762. The Labute approximate surface area is 115 Å². The Kier molecular flexibility index (Phi) is 2.74. The Balaban J connectivity index is 1.91. The highest BCUT2D eigenvalue weighted by molar-refractivity contribution is 6.02. The lowest BCUT2D eigenvalue weighted by atomic mass is 10.3. The predicted octanol–water partition coefficient (Wildman–Crippen LogP) is 1.33. The lowest BCUT2D eigenvalue weighted by Gasteiger charge is -1.99. The first-order valence-electron chi connectivity index (χ1n) is 6.18. The fourth-order valence-electron chi connectivity index (χ4n) is 2.06. The molecule has 7 nitrogen and oxygen atoms in total. The molecule has 3 heterocycles. The van der Waals surface area contributed by atoms with Gasteiger partial charge in [-0.15, -0.1) is 5.10 Å². The van der Waals surface area contributed by atoms with Gasteiger partial charge in [-0.1, -0.05) is 0 Å². The summed E-state index contributed by atoms with van der Waals surface area (Å²) in [6, 6.07) is 5.32. The average Bonchev–Trinajstić information content (AvgIpc) is 2.95. The molecule has 0 aliphatic rings. The number of nitrogens with one attached hydrogen (secondary N) is 1. The molecule has 0 fully saturated rings. The standard InChI is InChI=1S/C13H14N6O/c1-8-6-9(2)19-12(14-8)7-11(17-19)15-13(20)10-4-5-18(3)16-10/h4-7H,1-3H3,(H,15,17,20). The average molecular weight is 270 g/mol. The Morgan fingerprint density at radius 3 is 2.75 bits per heavy atom. The molecule has 20 heavy (non-hydrogen) atoms. The largest absolute Gasteiger partial charge is 0.304 e. The van der Waals surface area contributed by atoms with Crippen molar-refractivity contribution >= 4 is 17.4 Å². The molecule has 0 aliphatic carbocycles. The van der Waals surface area contributed by atoms with Gasteiger partial charge in [0.05, 0.1) is 0 Å². The molecule has 102 valence electrons. The first-order chi connectivity index (χ1) is 9.52. The second-order valence-corrected chi connectivity index (χ2v) is 4.67. The molecule has 0 atom stereocenters. The molecule has 3 aromatic heterocycles. The van der Waals surface area contributed by atoms with E-state index in [1.165, 1.54) is 0 Å². The molecule has 0 saturated heterocycles. The van der Waals surface area contributed by atoms with Crippen LogP contribution >= 0.6 is 0 Å². The first kappa shape index (κ1) is 12.3. The van der Waals surface area contributed by atoms with Crippen LogP contribution in [0, 0.1) is 13.8 Å². The van der Waals surface area contributed by atoms with Crippen molar-refractivity contribution in [2.45, 2.75) is 13.8 Å². The number of hydrogen-bond donors (Lipinski definition) is 1. The number of anilines is 1. The molecule has 3 aromatic rings. The number of hydrogen-bond acceptors (Lipinski definition) is 4. The normalized spacial score (nSPS) is 10.9. The molecule has 0 radical (unpaired) electrons. The summed E-state index contributed by atoms with van der Waals surface area (Å²) in [5, 5.41) is 11.1. The van der Waals surface area contributed by atoms with Crippen molar-refractivity contribution in [2.24, 2.45) is 7.05 Å². The maximum Gasteiger partial charge on any atom is 0.277 e. The molecular formula is C13H14N6O. The summed E-state index contributed by atoms with van der Waals surface area (Å²) in [5.41, 5.74) is 2.94. The van der Waals surface area contributed by atoms with Crippen LogP contribution in [0.1, 0.15) is 21.9 Å². The van der Waals surface area contributed by atoms with Gasteiger partial charge in [0.1, 0.15) is 0 Å². The summed E-state index contributed by atoms with van der Waals surface area (Å²) in [4.78, 5) is 16.4. The van der Waals surface area contributed by atoms with Crippen LogP contribution in [0.5, 0.6) is 0 Å². The lowest BCUT2D eigenvalue weighted by Crippen LogP contribution is -2.13. The molecule has 0 saturated carbocycles. The van der Waals surface area contributed by atoms with Crippen molar-refractivity contribution in [3.05, 3.63) is 41.5 Å². The van der Waals surface area contributed by atoms with E-state index in [0.29, 0.717) is 17.2 Å². The van der Waals surface area contributed by atoms with E-state index in [9.17, 15) is 4.79 Å². The molecule has 0 unspecified atom stereocenters.